The Labute approximate surface area is 124 Å². The number of nitrogens with one attached hydrogen (secondary N) is 1. The van der Waals surface area contributed by atoms with Crippen LogP contribution in [-0.4, -0.2) is 19.6 Å². The number of hydrogen-bond acceptors (Lipinski definition) is 2. The third-order valence-corrected chi connectivity index (χ3v) is 4.98. The molecule has 0 aliphatic carbocycles. The van der Waals surface area contributed by atoms with E-state index >= 15 is 0 Å². The Morgan fingerprint density at radius 3 is 2.40 bits per heavy atom. The van der Waals surface area contributed by atoms with Crippen LogP contribution in [0.1, 0.15) is 52.1 Å². The van der Waals surface area contributed by atoms with Gasteiger partial charge < -0.3 is 10.2 Å². The van der Waals surface area contributed by atoms with E-state index in [-0.39, 0.29) is 0 Å². The zero-order chi connectivity index (χ0) is 14.7. The van der Waals surface area contributed by atoms with E-state index in [1.165, 1.54) is 24.2 Å². The van der Waals surface area contributed by atoms with E-state index in [0.717, 1.165) is 18.3 Å². The number of benzene rings is 1. The first-order valence-electron chi connectivity index (χ1n) is 8.10. The molecule has 0 spiro atoms. The maximum atomic E-state index is 3.38. The minimum absolute atomic E-state index is 0.473. The maximum Gasteiger partial charge on any atom is 0.0369 e. The number of nitrogens with zero attached hydrogens (tertiary/aromatic N) is 1. The highest BCUT2D eigenvalue weighted by atomic mass is 15.2. The minimum Gasteiger partial charge on any atom is -0.368 e. The summed E-state index contributed by atoms with van der Waals surface area (Å²) in [6, 6.07) is 10.3. The Balaban J connectivity index is 2.16. The average molecular weight is 274 g/mol. The zero-order valence-corrected chi connectivity index (χ0v) is 13.7. The maximum absolute atomic E-state index is 3.38. The Hall–Kier alpha value is -1.02. The van der Waals surface area contributed by atoms with Gasteiger partial charge in [0.1, 0.15) is 0 Å². The van der Waals surface area contributed by atoms with Gasteiger partial charge in [-0.25, -0.2) is 0 Å². The quantitative estimate of drug-likeness (QED) is 0.884. The summed E-state index contributed by atoms with van der Waals surface area (Å²) in [5, 5.41) is 3.38. The summed E-state index contributed by atoms with van der Waals surface area (Å²) >= 11 is 0. The van der Waals surface area contributed by atoms with Gasteiger partial charge in [-0.3, -0.25) is 0 Å². The molecule has 1 aliphatic rings. The van der Waals surface area contributed by atoms with Crippen LogP contribution < -0.4 is 10.2 Å². The van der Waals surface area contributed by atoms with Crippen LogP contribution in [0, 0.1) is 11.8 Å². The predicted octanol–water partition coefficient (Wildman–Crippen LogP) is 4.23. The van der Waals surface area contributed by atoms with Crippen molar-refractivity contribution < 1.29 is 0 Å². The van der Waals surface area contributed by atoms with Crippen LogP contribution in [-0.2, 0) is 0 Å². The van der Waals surface area contributed by atoms with Crippen molar-refractivity contribution in [1.29, 1.82) is 0 Å². The highest BCUT2D eigenvalue weighted by molar-refractivity contribution is 5.49. The molecule has 4 unspecified atom stereocenters. The molecule has 4 atom stereocenters. The second kappa shape index (κ2) is 6.62. The van der Waals surface area contributed by atoms with E-state index in [0.29, 0.717) is 12.1 Å². The first-order valence-corrected chi connectivity index (χ1v) is 8.10. The van der Waals surface area contributed by atoms with Crippen LogP contribution in [0.2, 0.25) is 0 Å². The molecule has 1 heterocycles. The van der Waals surface area contributed by atoms with Crippen LogP contribution in [0.4, 0.5) is 5.69 Å². The fourth-order valence-electron chi connectivity index (χ4n) is 3.56. The molecule has 0 aromatic heterocycles. The predicted molar refractivity (Wildman–Crippen MR) is 88.3 cm³/mol. The lowest BCUT2D eigenvalue weighted by Gasteiger charge is -2.42. The van der Waals surface area contributed by atoms with Gasteiger partial charge in [0.2, 0.25) is 0 Å². The Morgan fingerprint density at radius 2 is 1.85 bits per heavy atom. The summed E-state index contributed by atoms with van der Waals surface area (Å²) in [4.78, 5) is 2.59. The highest BCUT2D eigenvalue weighted by Crippen LogP contribution is 2.32. The molecule has 1 aromatic rings. The van der Waals surface area contributed by atoms with Crippen LogP contribution in [0.3, 0.4) is 0 Å². The summed E-state index contributed by atoms with van der Waals surface area (Å²) in [5.74, 6) is 1.57. The molecule has 0 saturated carbocycles. The summed E-state index contributed by atoms with van der Waals surface area (Å²) in [7, 11) is 2.04. The summed E-state index contributed by atoms with van der Waals surface area (Å²) < 4.78 is 0. The summed E-state index contributed by atoms with van der Waals surface area (Å²) in [6.07, 6.45) is 2.48. The lowest BCUT2D eigenvalue weighted by atomic mass is 9.85. The minimum atomic E-state index is 0.473. The molecular weight excluding hydrogens is 244 g/mol. The largest absolute Gasteiger partial charge is 0.368 e. The molecule has 1 aliphatic heterocycles. The lowest BCUT2D eigenvalue weighted by molar-refractivity contribution is 0.297. The van der Waals surface area contributed by atoms with E-state index < -0.39 is 0 Å². The Morgan fingerprint density at radius 1 is 1.20 bits per heavy atom. The van der Waals surface area contributed by atoms with Gasteiger partial charge in [-0.15, -0.1) is 0 Å². The van der Waals surface area contributed by atoms with Crippen molar-refractivity contribution in [1.82, 2.24) is 5.32 Å². The summed E-state index contributed by atoms with van der Waals surface area (Å²) in [6.45, 7) is 10.5. The molecule has 2 nitrogen and oxygen atoms in total. The number of piperidine rings is 1. The van der Waals surface area contributed by atoms with Gasteiger partial charge in [0.25, 0.3) is 0 Å². The molecule has 20 heavy (non-hydrogen) atoms. The molecule has 112 valence electrons. The molecule has 2 heteroatoms. The van der Waals surface area contributed by atoms with Crippen LogP contribution in [0.5, 0.6) is 0 Å². The molecule has 0 radical (unpaired) electrons. The highest BCUT2D eigenvalue weighted by Gasteiger charge is 2.28. The van der Waals surface area contributed by atoms with Crippen molar-refractivity contribution in [3.05, 3.63) is 29.8 Å². The second-order valence-electron chi connectivity index (χ2n) is 6.55. The monoisotopic (exact) mass is 274 g/mol. The molecule has 1 aromatic carbocycles. The van der Waals surface area contributed by atoms with Crippen molar-refractivity contribution in [2.75, 3.05) is 18.5 Å². The van der Waals surface area contributed by atoms with Gasteiger partial charge in [-0.05, 0) is 56.3 Å². The van der Waals surface area contributed by atoms with Gasteiger partial charge in [-0.2, -0.15) is 0 Å². The van der Waals surface area contributed by atoms with Crippen molar-refractivity contribution in [3.63, 3.8) is 0 Å². The lowest BCUT2D eigenvalue weighted by Crippen LogP contribution is -2.45. The van der Waals surface area contributed by atoms with Crippen molar-refractivity contribution in [2.24, 2.45) is 11.8 Å². The van der Waals surface area contributed by atoms with Crippen LogP contribution in [0.25, 0.3) is 0 Å². The molecule has 1 saturated heterocycles. The zero-order valence-electron chi connectivity index (χ0n) is 13.7. The SMILES string of the molecule is CCC(NC)c1ccc(N2CC(C)CC(C)C2C)cc1. The van der Waals surface area contributed by atoms with Crippen molar-refractivity contribution in [3.8, 4) is 0 Å². The van der Waals surface area contributed by atoms with Crippen LogP contribution in [0.15, 0.2) is 24.3 Å². The second-order valence-corrected chi connectivity index (χ2v) is 6.55. The topological polar surface area (TPSA) is 15.3 Å². The number of rotatable bonds is 4. The number of anilines is 1. The number of hydrogen-bond donors (Lipinski definition) is 1. The van der Waals surface area contributed by atoms with Gasteiger partial charge in [-0.1, -0.05) is 32.9 Å². The Kier molecular flexibility index (Phi) is 5.09. The normalized spacial score (nSPS) is 28.4. The fourth-order valence-corrected chi connectivity index (χ4v) is 3.56. The standard InChI is InChI=1S/C18H30N2/c1-6-18(19-5)16-7-9-17(10-8-16)20-12-13(2)11-14(3)15(20)4/h7-10,13-15,18-19H,6,11-12H2,1-5H3. The fraction of sp³-hybridized carbons (Fsp3) is 0.667. The van der Waals surface area contributed by atoms with Crippen molar-refractivity contribution in [2.45, 2.75) is 52.6 Å². The van der Waals surface area contributed by atoms with Crippen molar-refractivity contribution >= 4 is 5.69 Å². The molecule has 1 fully saturated rings. The van der Waals surface area contributed by atoms with E-state index in [2.05, 4.69) is 62.2 Å². The molecular formula is C18H30N2. The molecule has 0 bridgehead atoms. The third-order valence-electron chi connectivity index (χ3n) is 4.98. The first-order chi connectivity index (χ1) is 9.56. The first kappa shape index (κ1) is 15.4. The van der Waals surface area contributed by atoms with Gasteiger partial charge >= 0.3 is 0 Å². The summed E-state index contributed by atoms with van der Waals surface area (Å²) in [5.41, 5.74) is 2.77. The average Bonchev–Trinajstić information content (AvgIpc) is 2.45. The van der Waals surface area contributed by atoms with E-state index in [1.807, 2.05) is 7.05 Å². The van der Waals surface area contributed by atoms with Crippen LogP contribution >= 0.6 is 0 Å². The molecule has 2 rings (SSSR count). The smallest absolute Gasteiger partial charge is 0.0369 e. The Bertz CT molecular complexity index is 408. The van der Waals surface area contributed by atoms with E-state index in [9.17, 15) is 0 Å². The third kappa shape index (κ3) is 3.17. The van der Waals surface area contributed by atoms with E-state index in [1.54, 1.807) is 0 Å². The molecule has 0 amide bonds. The molecule has 1 N–H and O–H groups in total. The van der Waals surface area contributed by atoms with Gasteiger partial charge in [0.05, 0.1) is 0 Å². The van der Waals surface area contributed by atoms with Gasteiger partial charge in [0.15, 0.2) is 0 Å². The van der Waals surface area contributed by atoms with Gasteiger partial charge in [0, 0.05) is 24.3 Å². The van der Waals surface area contributed by atoms with E-state index in [4.69, 9.17) is 0 Å².